The first kappa shape index (κ1) is 22.8. The summed E-state index contributed by atoms with van der Waals surface area (Å²) in [5.74, 6) is -0.457. The van der Waals surface area contributed by atoms with E-state index in [1.165, 1.54) is 31.3 Å². The Kier molecular flexibility index (Phi) is 6.44. The third-order valence-electron chi connectivity index (χ3n) is 5.63. The molecule has 4 rings (SSSR count). The molecule has 9 heteroatoms. The van der Waals surface area contributed by atoms with Gasteiger partial charge in [-0.1, -0.05) is 36.4 Å². The van der Waals surface area contributed by atoms with Gasteiger partial charge in [-0.2, -0.15) is 0 Å². The molecular formula is C25H22N2O7. The molecule has 0 unspecified atom stereocenters. The van der Waals surface area contributed by atoms with Crippen molar-refractivity contribution in [2.45, 2.75) is 19.1 Å². The summed E-state index contributed by atoms with van der Waals surface area (Å²) in [6.07, 6.45) is 0.252. The van der Waals surface area contributed by atoms with Gasteiger partial charge in [0.1, 0.15) is 29.7 Å². The molecule has 0 fully saturated rings. The lowest BCUT2D eigenvalue weighted by molar-refractivity contribution is -0.385. The molecular weight excluding hydrogens is 440 g/mol. The predicted molar refractivity (Wildman–Crippen MR) is 123 cm³/mol. The highest BCUT2D eigenvalue weighted by molar-refractivity contribution is 6.13. The molecule has 1 amide bonds. The first-order valence-corrected chi connectivity index (χ1v) is 10.5. The average Bonchev–Trinajstić information content (AvgIpc) is 3.26. The Balaban J connectivity index is 1.74. The van der Waals surface area contributed by atoms with E-state index in [2.05, 4.69) is 0 Å². The number of anilines is 1. The second-order valence-corrected chi connectivity index (χ2v) is 7.59. The van der Waals surface area contributed by atoms with Crippen LogP contribution in [0.25, 0.3) is 0 Å². The molecule has 1 atom stereocenters. The Morgan fingerprint density at radius 1 is 1.06 bits per heavy atom. The van der Waals surface area contributed by atoms with E-state index in [9.17, 15) is 19.7 Å². The molecule has 1 aliphatic heterocycles. The average molecular weight is 462 g/mol. The molecule has 1 aliphatic rings. The number of nitro benzene ring substituents is 1. The number of hydrogen-bond acceptors (Lipinski definition) is 7. The Bertz CT molecular complexity index is 1240. The van der Waals surface area contributed by atoms with Crippen LogP contribution in [0.15, 0.2) is 66.7 Å². The number of carbonyl (C=O) groups excluding carboxylic acids is 2. The highest BCUT2D eigenvalue weighted by Crippen LogP contribution is 2.37. The fraction of sp³-hybridized carbons (Fsp3) is 0.200. The number of fused-ring (bicyclic) bond motifs is 1. The molecule has 0 saturated heterocycles. The Morgan fingerprint density at radius 2 is 1.76 bits per heavy atom. The lowest BCUT2D eigenvalue weighted by Gasteiger charge is -2.24. The Labute approximate surface area is 195 Å². The quantitative estimate of drug-likeness (QED) is 0.297. The molecule has 1 heterocycles. The molecule has 174 valence electrons. The summed E-state index contributed by atoms with van der Waals surface area (Å²) in [4.78, 5) is 38.7. The first-order valence-electron chi connectivity index (χ1n) is 10.5. The van der Waals surface area contributed by atoms with Crippen molar-refractivity contribution in [3.8, 4) is 11.5 Å². The molecule has 0 spiro atoms. The summed E-state index contributed by atoms with van der Waals surface area (Å²) in [6.45, 7) is -0.000168. The van der Waals surface area contributed by atoms with Crippen LogP contribution in [0.4, 0.5) is 11.4 Å². The largest absolute Gasteiger partial charge is 0.496 e. The summed E-state index contributed by atoms with van der Waals surface area (Å²) < 4.78 is 16.0. The number of carbonyl (C=O) groups is 2. The number of amides is 1. The van der Waals surface area contributed by atoms with Gasteiger partial charge in [0.2, 0.25) is 0 Å². The number of nitrogens with zero attached hydrogens (tertiary/aromatic N) is 2. The van der Waals surface area contributed by atoms with E-state index in [4.69, 9.17) is 14.2 Å². The van der Waals surface area contributed by atoms with Crippen molar-refractivity contribution >= 4 is 23.3 Å². The number of benzene rings is 3. The molecule has 0 bridgehead atoms. The zero-order valence-corrected chi connectivity index (χ0v) is 18.6. The minimum Gasteiger partial charge on any atom is -0.496 e. The fourth-order valence-electron chi connectivity index (χ4n) is 4.01. The third kappa shape index (κ3) is 4.27. The van der Waals surface area contributed by atoms with E-state index < -0.39 is 28.5 Å². The monoisotopic (exact) mass is 462 g/mol. The highest BCUT2D eigenvalue weighted by Gasteiger charge is 2.41. The molecule has 0 radical (unpaired) electrons. The number of para-hydroxylation sites is 2. The SMILES string of the molecule is COC(=O)[C@H]1Cc2ccccc2N1C(=O)c1cc(OC)c(COc2ccccc2)cc1[N+](=O)[O-]. The van der Waals surface area contributed by atoms with Crippen molar-refractivity contribution in [1.82, 2.24) is 0 Å². The number of methoxy groups -OCH3 is 2. The second kappa shape index (κ2) is 9.62. The number of hydrogen-bond donors (Lipinski definition) is 0. The topological polar surface area (TPSA) is 108 Å². The Hall–Kier alpha value is -4.40. The predicted octanol–water partition coefficient (Wildman–Crippen LogP) is 3.93. The van der Waals surface area contributed by atoms with Gasteiger partial charge in [0, 0.05) is 29.8 Å². The van der Waals surface area contributed by atoms with Gasteiger partial charge in [0.05, 0.1) is 19.1 Å². The second-order valence-electron chi connectivity index (χ2n) is 7.59. The summed E-state index contributed by atoms with van der Waals surface area (Å²) in [6, 6.07) is 17.7. The van der Waals surface area contributed by atoms with Crippen molar-refractivity contribution in [3.63, 3.8) is 0 Å². The summed E-state index contributed by atoms with van der Waals surface area (Å²) in [7, 11) is 2.64. The minimum absolute atomic E-state index is 0.000168. The smallest absolute Gasteiger partial charge is 0.329 e. The Morgan fingerprint density at radius 3 is 2.44 bits per heavy atom. The van der Waals surface area contributed by atoms with E-state index >= 15 is 0 Å². The van der Waals surface area contributed by atoms with Crippen LogP contribution in [0.5, 0.6) is 11.5 Å². The van der Waals surface area contributed by atoms with E-state index in [0.29, 0.717) is 17.0 Å². The number of esters is 1. The molecule has 3 aromatic rings. The van der Waals surface area contributed by atoms with E-state index in [1.807, 2.05) is 18.2 Å². The number of rotatable bonds is 7. The molecule has 0 N–H and O–H groups in total. The first-order chi connectivity index (χ1) is 16.4. The highest BCUT2D eigenvalue weighted by atomic mass is 16.6. The maximum absolute atomic E-state index is 13.7. The van der Waals surface area contributed by atoms with Gasteiger partial charge in [0.25, 0.3) is 11.6 Å². The van der Waals surface area contributed by atoms with Gasteiger partial charge in [-0.25, -0.2) is 4.79 Å². The van der Waals surface area contributed by atoms with Gasteiger partial charge >= 0.3 is 5.97 Å². The van der Waals surface area contributed by atoms with Crippen molar-refractivity contribution in [3.05, 3.63) is 93.5 Å². The number of ether oxygens (including phenoxy) is 3. The zero-order valence-electron chi connectivity index (χ0n) is 18.6. The van der Waals surface area contributed by atoms with Crippen LogP contribution in [0, 0.1) is 10.1 Å². The van der Waals surface area contributed by atoms with Crippen LogP contribution in [-0.4, -0.2) is 37.1 Å². The normalized spacial score (nSPS) is 14.3. The third-order valence-corrected chi connectivity index (χ3v) is 5.63. The van der Waals surface area contributed by atoms with Crippen LogP contribution in [0.1, 0.15) is 21.5 Å². The summed E-state index contributed by atoms with van der Waals surface area (Å²) in [5.41, 5.74) is 1.07. The lowest BCUT2D eigenvalue weighted by Crippen LogP contribution is -2.43. The molecule has 9 nitrogen and oxygen atoms in total. The van der Waals surface area contributed by atoms with Crippen molar-refractivity contribution in [2.75, 3.05) is 19.1 Å². The molecule has 34 heavy (non-hydrogen) atoms. The van der Waals surface area contributed by atoms with Crippen molar-refractivity contribution in [2.24, 2.45) is 0 Å². The molecule has 0 aromatic heterocycles. The van der Waals surface area contributed by atoms with E-state index in [0.717, 1.165) is 5.56 Å². The van der Waals surface area contributed by atoms with Crippen molar-refractivity contribution in [1.29, 1.82) is 0 Å². The van der Waals surface area contributed by atoms with Crippen LogP contribution < -0.4 is 14.4 Å². The van der Waals surface area contributed by atoms with Gasteiger partial charge in [0.15, 0.2) is 0 Å². The van der Waals surface area contributed by atoms with E-state index in [-0.39, 0.29) is 24.3 Å². The van der Waals surface area contributed by atoms with Gasteiger partial charge in [-0.05, 0) is 23.8 Å². The van der Waals surface area contributed by atoms with Crippen LogP contribution in [-0.2, 0) is 22.6 Å². The van der Waals surface area contributed by atoms with E-state index in [1.54, 1.807) is 36.4 Å². The zero-order chi connectivity index (χ0) is 24.2. The molecule has 3 aromatic carbocycles. The molecule has 0 saturated carbocycles. The summed E-state index contributed by atoms with van der Waals surface area (Å²) in [5, 5.41) is 11.9. The van der Waals surface area contributed by atoms with Crippen LogP contribution in [0.2, 0.25) is 0 Å². The van der Waals surface area contributed by atoms with Crippen molar-refractivity contribution < 1.29 is 28.7 Å². The van der Waals surface area contributed by atoms with Gasteiger partial charge in [-0.3, -0.25) is 19.8 Å². The molecule has 0 aliphatic carbocycles. The van der Waals surface area contributed by atoms with Crippen LogP contribution >= 0.6 is 0 Å². The summed E-state index contributed by atoms with van der Waals surface area (Å²) >= 11 is 0. The number of nitro groups is 1. The van der Waals surface area contributed by atoms with Gasteiger partial charge in [-0.15, -0.1) is 0 Å². The minimum atomic E-state index is -0.929. The van der Waals surface area contributed by atoms with Gasteiger partial charge < -0.3 is 14.2 Å². The maximum atomic E-state index is 13.7. The van der Waals surface area contributed by atoms with Crippen LogP contribution in [0.3, 0.4) is 0 Å². The fourth-order valence-corrected chi connectivity index (χ4v) is 4.01. The lowest BCUT2D eigenvalue weighted by atomic mass is 10.1. The maximum Gasteiger partial charge on any atom is 0.329 e. The standard InChI is InChI=1S/C25H22N2O7/c1-32-23-14-19(21(27(30)31)13-17(23)15-34-18-9-4-3-5-10-18)24(28)26-20-11-7-6-8-16(20)12-22(26)25(29)33-2/h3-11,13-14,22H,12,15H2,1-2H3/t22-/m1/s1.